The van der Waals surface area contributed by atoms with Gasteiger partial charge in [0.05, 0.1) is 17.2 Å². The number of hydrogen-bond acceptors (Lipinski definition) is 8. The van der Waals surface area contributed by atoms with Crippen LogP contribution in [0.2, 0.25) is 0 Å². The van der Waals surface area contributed by atoms with Crippen LogP contribution in [-0.4, -0.2) is 79.2 Å². The number of nitrogens with one attached hydrogen (secondary N) is 2. The molecule has 2 amide bonds. The Kier molecular flexibility index (Phi) is 9.72. The molecule has 5 rings (SSSR count). The van der Waals surface area contributed by atoms with E-state index in [0.29, 0.717) is 62.5 Å². The number of nitrogens with zero attached hydrogens (tertiary/aromatic N) is 4. The van der Waals surface area contributed by atoms with Gasteiger partial charge in [0.25, 0.3) is 11.8 Å². The summed E-state index contributed by atoms with van der Waals surface area (Å²) >= 11 is 0. The van der Waals surface area contributed by atoms with Crippen molar-refractivity contribution in [1.29, 1.82) is 5.26 Å². The average molecular weight is 631 g/mol. The van der Waals surface area contributed by atoms with Gasteiger partial charge in [-0.15, -0.1) is 6.58 Å². The summed E-state index contributed by atoms with van der Waals surface area (Å²) in [5.74, 6) is -1.14. The van der Waals surface area contributed by atoms with Crippen molar-refractivity contribution in [3.05, 3.63) is 113 Å². The number of piperidine rings is 1. The highest BCUT2D eigenvalue weighted by molar-refractivity contribution is 7.93. The van der Waals surface area contributed by atoms with Crippen molar-refractivity contribution < 1.29 is 22.4 Å². The lowest BCUT2D eigenvalue weighted by Crippen LogP contribution is -2.60. The van der Waals surface area contributed by atoms with Gasteiger partial charge in [0.2, 0.25) is 0 Å². The molecule has 2 N–H and O–H groups in total. The van der Waals surface area contributed by atoms with Gasteiger partial charge < -0.3 is 15.5 Å². The van der Waals surface area contributed by atoms with Crippen molar-refractivity contribution in [1.82, 2.24) is 25.4 Å². The van der Waals surface area contributed by atoms with Crippen LogP contribution in [0.3, 0.4) is 0 Å². The normalized spacial score (nSPS) is 17.6. The van der Waals surface area contributed by atoms with Gasteiger partial charge >= 0.3 is 0 Å². The maximum atomic E-state index is 14.2. The van der Waals surface area contributed by atoms with E-state index in [1.54, 1.807) is 41.3 Å². The third-order valence-corrected chi connectivity index (χ3v) is 11.2. The molecular formula is C33H35FN6O4S. The lowest BCUT2D eigenvalue weighted by molar-refractivity contribution is 0.0627. The maximum Gasteiger partial charge on any atom is 0.271 e. The first kappa shape index (κ1) is 32.0. The first-order chi connectivity index (χ1) is 21.7. The van der Waals surface area contributed by atoms with Crippen LogP contribution in [0.5, 0.6) is 0 Å². The molecule has 1 atom stereocenters. The molecule has 2 aliphatic rings. The fourth-order valence-corrected chi connectivity index (χ4v) is 8.07. The number of sulfone groups is 1. The van der Waals surface area contributed by atoms with E-state index in [2.05, 4.69) is 27.1 Å². The predicted molar refractivity (Wildman–Crippen MR) is 167 cm³/mol. The third kappa shape index (κ3) is 6.96. The molecule has 2 saturated heterocycles. The summed E-state index contributed by atoms with van der Waals surface area (Å²) < 4.78 is 41.5. The Bertz CT molecular complexity index is 1670. The van der Waals surface area contributed by atoms with Crippen molar-refractivity contribution in [3.63, 3.8) is 0 Å². The highest BCUT2D eigenvalue weighted by Crippen LogP contribution is 2.37. The van der Waals surface area contributed by atoms with Gasteiger partial charge in [0.15, 0.2) is 9.84 Å². The Labute approximate surface area is 262 Å². The SMILES string of the molecule is C=CC(c1ccc(C#N)cc1)S(=O)(=O)C1(NC(=O)c2ccc(C(=O)N3CCN(Cc4ccc(F)cc4)CC3)cn2)CCNCC1. The summed E-state index contributed by atoms with van der Waals surface area (Å²) in [5.41, 5.74) is 2.18. The van der Waals surface area contributed by atoms with E-state index in [1.165, 1.54) is 36.5 Å². The molecule has 3 heterocycles. The molecule has 0 spiro atoms. The second-order valence-electron chi connectivity index (χ2n) is 11.3. The molecule has 0 saturated carbocycles. The summed E-state index contributed by atoms with van der Waals surface area (Å²) in [6, 6.07) is 17.6. The topological polar surface area (TPSA) is 135 Å². The first-order valence-electron chi connectivity index (χ1n) is 14.8. The fourth-order valence-electron chi connectivity index (χ4n) is 5.81. The second-order valence-corrected chi connectivity index (χ2v) is 13.6. The number of benzene rings is 2. The van der Waals surface area contributed by atoms with Gasteiger partial charge in [-0.1, -0.05) is 30.3 Å². The second kappa shape index (κ2) is 13.7. The molecule has 0 radical (unpaired) electrons. The zero-order chi connectivity index (χ0) is 32.0. The van der Waals surface area contributed by atoms with E-state index in [0.717, 1.165) is 5.56 Å². The van der Waals surface area contributed by atoms with Crippen LogP contribution in [0.25, 0.3) is 0 Å². The number of carbonyl (C=O) groups is 2. The van der Waals surface area contributed by atoms with E-state index in [-0.39, 0.29) is 30.3 Å². The van der Waals surface area contributed by atoms with Gasteiger partial charge in [0.1, 0.15) is 21.6 Å². The molecule has 234 valence electrons. The Balaban J connectivity index is 1.25. The van der Waals surface area contributed by atoms with Gasteiger partial charge in [-0.25, -0.2) is 12.8 Å². The summed E-state index contributed by atoms with van der Waals surface area (Å²) in [6.07, 6.45) is 2.97. The average Bonchev–Trinajstić information content (AvgIpc) is 3.07. The Morgan fingerprint density at radius 3 is 2.29 bits per heavy atom. The van der Waals surface area contributed by atoms with E-state index in [9.17, 15) is 22.4 Å². The number of amides is 2. The third-order valence-electron chi connectivity index (χ3n) is 8.44. The van der Waals surface area contributed by atoms with Crippen LogP contribution in [0, 0.1) is 17.1 Å². The van der Waals surface area contributed by atoms with Crippen molar-refractivity contribution in [2.45, 2.75) is 29.5 Å². The fraction of sp³-hybridized carbons (Fsp3) is 0.333. The summed E-state index contributed by atoms with van der Waals surface area (Å²) in [4.78, 5) is 33.2. The zero-order valence-electron chi connectivity index (χ0n) is 24.8. The van der Waals surface area contributed by atoms with Crippen LogP contribution >= 0.6 is 0 Å². The number of nitriles is 1. The van der Waals surface area contributed by atoms with Crippen molar-refractivity contribution in [3.8, 4) is 6.07 Å². The van der Waals surface area contributed by atoms with Crippen LogP contribution in [0.1, 0.15) is 55.6 Å². The van der Waals surface area contributed by atoms with Crippen molar-refractivity contribution in [2.24, 2.45) is 0 Å². The Hall–Kier alpha value is -4.44. The zero-order valence-corrected chi connectivity index (χ0v) is 25.6. The van der Waals surface area contributed by atoms with E-state index >= 15 is 0 Å². The molecule has 3 aromatic rings. The molecule has 2 aliphatic heterocycles. The molecular weight excluding hydrogens is 595 g/mol. The van der Waals surface area contributed by atoms with Gasteiger partial charge in [0, 0.05) is 38.9 Å². The van der Waals surface area contributed by atoms with E-state index in [4.69, 9.17) is 5.26 Å². The van der Waals surface area contributed by atoms with Crippen molar-refractivity contribution >= 4 is 21.7 Å². The molecule has 12 heteroatoms. The summed E-state index contributed by atoms with van der Waals surface area (Å²) in [6.45, 7) is 7.56. The highest BCUT2D eigenvalue weighted by atomic mass is 32.2. The number of rotatable bonds is 9. The standard InChI is InChI=1S/C33H35FN6O4S/c1-2-30(26-7-3-24(21-35)4-8-26)45(43,44)33(13-15-36-16-14-33)38-31(41)29-12-9-27(22-37-29)32(42)40-19-17-39(18-20-40)23-25-5-10-28(34)11-6-25/h2-12,22,30,36H,1,13-20,23H2,(H,38,41). The van der Waals surface area contributed by atoms with Crippen molar-refractivity contribution in [2.75, 3.05) is 39.3 Å². The van der Waals surface area contributed by atoms with Gasteiger partial charge in [-0.05, 0) is 73.5 Å². The minimum Gasteiger partial charge on any atom is -0.336 e. The largest absolute Gasteiger partial charge is 0.336 e. The Morgan fingerprint density at radius 1 is 1.04 bits per heavy atom. The Morgan fingerprint density at radius 2 is 1.71 bits per heavy atom. The molecule has 2 fully saturated rings. The monoisotopic (exact) mass is 630 g/mol. The molecule has 1 aromatic heterocycles. The number of pyridine rings is 1. The van der Waals surface area contributed by atoms with Crippen LogP contribution in [0.15, 0.2) is 79.5 Å². The van der Waals surface area contributed by atoms with E-state index < -0.39 is 25.9 Å². The minimum atomic E-state index is -4.06. The lowest BCUT2D eigenvalue weighted by atomic mass is 10.1. The first-order valence-corrected chi connectivity index (χ1v) is 16.3. The van der Waals surface area contributed by atoms with Crippen LogP contribution < -0.4 is 10.6 Å². The van der Waals surface area contributed by atoms with Gasteiger partial charge in [-0.3, -0.25) is 19.5 Å². The van der Waals surface area contributed by atoms with Gasteiger partial charge in [-0.2, -0.15) is 5.26 Å². The molecule has 0 aliphatic carbocycles. The lowest BCUT2D eigenvalue weighted by Gasteiger charge is -2.39. The summed E-state index contributed by atoms with van der Waals surface area (Å²) in [7, 11) is -4.06. The van der Waals surface area contributed by atoms with Crippen LogP contribution in [-0.2, 0) is 16.4 Å². The summed E-state index contributed by atoms with van der Waals surface area (Å²) in [5, 5.41) is 14.0. The quantitative estimate of drug-likeness (QED) is 0.344. The molecule has 10 nitrogen and oxygen atoms in total. The number of hydrogen-bond donors (Lipinski definition) is 2. The minimum absolute atomic E-state index is 0.00250. The predicted octanol–water partition coefficient (Wildman–Crippen LogP) is 3.20. The molecule has 0 bridgehead atoms. The smallest absolute Gasteiger partial charge is 0.271 e. The molecule has 45 heavy (non-hydrogen) atoms. The number of carbonyl (C=O) groups excluding carboxylic acids is 2. The number of halogens is 1. The number of aromatic nitrogens is 1. The van der Waals surface area contributed by atoms with Crippen LogP contribution in [0.4, 0.5) is 4.39 Å². The number of piperazine rings is 1. The van der Waals surface area contributed by atoms with E-state index in [1.807, 2.05) is 6.07 Å². The molecule has 2 aromatic carbocycles. The maximum absolute atomic E-state index is 14.2. The molecule has 1 unspecified atom stereocenters. The highest BCUT2D eigenvalue weighted by Gasteiger charge is 2.49.